The maximum atomic E-state index is 16.1. The highest BCUT2D eigenvalue weighted by Crippen LogP contribution is 2.47. The first-order chi connectivity index (χ1) is 14.1. The Bertz CT molecular complexity index is 1200. The summed E-state index contributed by atoms with van der Waals surface area (Å²) in [4.78, 5) is 0. The summed E-state index contributed by atoms with van der Waals surface area (Å²) in [5, 5.41) is 0. The topological polar surface area (TPSA) is 7.94 Å². The second kappa shape index (κ2) is 7.01. The number of fused-ring (bicyclic) bond motifs is 2. The molecule has 0 bridgehead atoms. The number of halogens is 4. The molecule has 1 aromatic heterocycles. The van der Waals surface area contributed by atoms with Crippen LogP contribution in [0.15, 0.2) is 39.5 Å². The number of rotatable bonds is 3. The van der Waals surface area contributed by atoms with Gasteiger partial charge in [-0.25, -0.2) is 4.39 Å². The van der Waals surface area contributed by atoms with Crippen LogP contribution in [-0.2, 0) is 6.42 Å². The van der Waals surface area contributed by atoms with Crippen LogP contribution in [0.2, 0.25) is 0 Å². The second-order valence-electron chi connectivity index (χ2n) is 8.11. The molecule has 4 rings (SSSR count). The van der Waals surface area contributed by atoms with Crippen LogP contribution in [0.3, 0.4) is 0 Å². The summed E-state index contributed by atoms with van der Waals surface area (Å²) in [6, 6.07) is 4.84. The number of aromatic nitrogens is 1. The summed E-state index contributed by atoms with van der Waals surface area (Å²) in [7, 11) is 0. The molecular formula is C23H25BBrF3N2. The molecule has 3 heterocycles. The minimum absolute atomic E-state index is 0.346. The minimum atomic E-state index is -4.09. The second-order valence-corrected chi connectivity index (χ2v) is 9.03. The van der Waals surface area contributed by atoms with Gasteiger partial charge in [0.2, 0.25) is 0 Å². The fourth-order valence-electron chi connectivity index (χ4n) is 5.43. The molecular weight excluding hydrogens is 452 g/mol. The third-order valence-corrected chi connectivity index (χ3v) is 7.19. The lowest BCUT2D eigenvalue weighted by Gasteiger charge is -2.34. The molecule has 0 unspecified atom stereocenters. The number of hydrogen-bond acceptors (Lipinski definition) is 0. The van der Waals surface area contributed by atoms with Crippen LogP contribution < -0.4 is 0 Å². The predicted molar refractivity (Wildman–Crippen MR) is 121 cm³/mol. The zero-order valence-electron chi connectivity index (χ0n) is 18.1. The third-order valence-electron chi connectivity index (χ3n) is 6.70. The lowest BCUT2D eigenvalue weighted by Crippen LogP contribution is -2.51. The van der Waals surface area contributed by atoms with Crippen molar-refractivity contribution < 1.29 is 17.5 Å². The zero-order chi connectivity index (χ0) is 22.1. The molecule has 30 heavy (non-hydrogen) atoms. The van der Waals surface area contributed by atoms with Gasteiger partial charge in [-0.15, -0.1) is 0 Å². The normalized spacial score (nSPS) is 17.8. The van der Waals surface area contributed by atoms with Crippen LogP contribution in [0.1, 0.15) is 62.2 Å². The highest BCUT2D eigenvalue weighted by Gasteiger charge is 2.56. The van der Waals surface area contributed by atoms with E-state index in [1.165, 1.54) is 15.0 Å². The quantitative estimate of drug-likeness (QED) is 0.431. The number of allylic oxidation sites excluding steroid dienone is 2. The molecule has 2 aliphatic rings. The fourth-order valence-corrected chi connectivity index (χ4v) is 5.76. The van der Waals surface area contributed by atoms with Crippen LogP contribution in [0, 0.1) is 19.7 Å². The van der Waals surface area contributed by atoms with E-state index in [4.69, 9.17) is 0 Å². The van der Waals surface area contributed by atoms with Gasteiger partial charge in [-0.05, 0) is 68.6 Å². The van der Waals surface area contributed by atoms with E-state index < -0.39 is 12.8 Å². The summed E-state index contributed by atoms with van der Waals surface area (Å²) >= 11 is 3.31. The van der Waals surface area contributed by atoms with Crippen molar-refractivity contribution in [3.63, 3.8) is 0 Å². The standard InChI is InChI=1S/C23H25BBrF3N2/c1-7-17-12(3)22-21(19-10-9-16(25)11-20(19)26)23-13(4)18(8-2)15(6)30(23)24(27,28)29(22)14(17)5/h9-11H,7-8H2,1-6H3. The molecule has 158 valence electrons. The van der Waals surface area contributed by atoms with Crippen LogP contribution in [0.25, 0.3) is 5.57 Å². The Morgan fingerprint density at radius 2 is 1.73 bits per heavy atom. The van der Waals surface area contributed by atoms with Crippen molar-refractivity contribution in [2.45, 2.75) is 54.4 Å². The molecule has 0 aliphatic carbocycles. The number of nitrogens with zero attached hydrogens (tertiary/aromatic N) is 2. The molecule has 7 heteroatoms. The molecule has 1 aromatic carbocycles. The first kappa shape index (κ1) is 21.2. The molecule has 0 saturated carbocycles. The molecule has 2 aliphatic heterocycles. The van der Waals surface area contributed by atoms with E-state index in [-0.39, 0.29) is 0 Å². The van der Waals surface area contributed by atoms with Gasteiger partial charge in [0, 0.05) is 33.8 Å². The van der Waals surface area contributed by atoms with Crippen molar-refractivity contribution >= 4 is 34.2 Å². The van der Waals surface area contributed by atoms with Crippen molar-refractivity contribution in [3.8, 4) is 0 Å². The average molecular weight is 477 g/mol. The molecule has 0 atom stereocenters. The van der Waals surface area contributed by atoms with Gasteiger partial charge < -0.3 is 17.6 Å². The SMILES string of the molecule is CCC1=C(C)C2=C(c3ccc(Br)cc3F)c3c(C)c(CC)c(C)n3[B-](F)(F)[N+]2=C1C. The van der Waals surface area contributed by atoms with Crippen molar-refractivity contribution in [1.82, 2.24) is 4.48 Å². The van der Waals surface area contributed by atoms with Gasteiger partial charge in [-0.2, -0.15) is 0 Å². The summed E-state index contributed by atoms with van der Waals surface area (Å²) in [6.45, 7) is 7.10. The molecule has 2 nitrogen and oxygen atoms in total. The van der Waals surface area contributed by atoms with Gasteiger partial charge in [0.05, 0.1) is 5.57 Å². The predicted octanol–water partition coefficient (Wildman–Crippen LogP) is 6.78. The van der Waals surface area contributed by atoms with Crippen molar-refractivity contribution in [1.29, 1.82) is 0 Å². The van der Waals surface area contributed by atoms with E-state index in [2.05, 4.69) is 15.9 Å². The van der Waals surface area contributed by atoms with Gasteiger partial charge in [-0.1, -0.05) is 29.8 Å². The van der Waals surface area contributed by atoms with E-state index in [1.54, 1.807) is 26.0 Å². The largest absolute Gasteiger partial charge is 0.737 e. The van der Waals surface area contributed by atoms with Gasteiger partial charge in [0.1, 0.15) is 11.5 Å². The Morgan fingerprint density at radius 1 is 1.07 bits per heavy atom. The average Bonchev–Trinajstić information content (AvgIpc) is 3.08. The first-order valence-electron chi connectivity index (χ1n) is 10.3. The number of benzene rings is 1. The lowest BCUT2D eigenvalue weighted by atomic mass is 9.83. The van der Waals surface area contributed by atoms with Crippen LogP contribution in [0.5, 0.6) is 0 Å². The van der Waals surface area contributed by atoms with Crippen LogP contribution in [0.4, 0.5) is 13.0 Å². The fraction of sp³-hybridized carbons (Fsp3) is 0.348. The van der Waals surface area contributed by atoms with Crippen molar-refractivity contribution in [2.75, 3.05) is 0 Å². The lowest BCUT2D eigenvalue weighted by molar-refractivity contribution is -0.363. The van der Waals surface area contributed by atoms with E-state index in [0.717, 1.165) is 22.3 Å². The first-order valence-corrected chi connectivity index (χ1v) is 11.1. The Balaban J connectivity index is 2.25. The molecule has 0 spiro atoms. The summed E-state index contributed by atoms with van der Waals surface area (Å²) in [5.74, 6) is -0.428. The van der Waals surface area contributed by atoms with Crippen molar-refractivity contribution in [3.05, 3.63) is 73.4 Å². The summed E-state index contributed by atoms with van der Waals surface area (Å²) < 4.78 is 50.4. The third kappa shape index (κ3) is 2.60. The van der Waals surface area contributed by atoms with E-state index in [0.29, 0.717) is 51.2 Å². The Labute approximate surface area is 184 Å². The van der Waals surface area contributed by atoms with Crippen LogP contribution >= 0.6 is 15.9 Å². The Kier molecular flexibility index (Phi) is 4.96. The molecule has 0 N–H and O–H groups in total. The molecule has 0 amide bonds. The molecule has 0 fully saturated rings. The Hall–Kier alpha value is -2.02. The molecule has 0 radical (unpaired) electrons. The van der Waals surface area contributed by atoms with Gasteiger partial charge in [0.25, 0.3) is 0 Å². The zero-order valence-corrected chi connectivity index (χ0v) is 19.7. The van der Waals surface area contributed by atoms with Crippen LogP contribution in [-0.4, -0.2) is 21.6 Å². The summed E-state index contributed by atoms with van der Waals surface area (Å²) in [5.41, 5.74) is 6.29. The molecule has 0 saturated heterocycles. The highest BCUT2D eigenvalue weighted by molar-refractivity contribution is 9.10. The minimum Gasteiger partial charge on any atom is -0.393 e. The highest BCUT2D eigenvalue weighted by atomic mass is 79.9. The van der Waals surface area contributed by atoms with Gasteiger partial charge >= 0.3 is 6.97 Å². The van der Waals surface area contributed by atoms with E-state index in [9.17, 15) is 0 Å². The van der Waals surface area contributed by atoms with E-state index in [1.807, 2.05) is 27.7 Å². The maximum absolute atomic E-state index is 16.1. The monoisotopic (exact) mass is 476 g/mol. The van der Waals surface area contributed by atoms with E-state index >= 15 is 13.0 Å². The van der Waals surface area contributed by atoms with Crippen molar-refractivity contribution in [2.24, 2.45) is 0 Å². The molecule has 2 aromatic rings. The summed E-state index contributed by atoms with van der Waals surface area (Å²) in [6.07, 6.45) is 1.29. The smallest absolute Gasteiger partial charge is 0.393 e. The van der Waals surface area contributed by atoms with Gasteiger partial charge in [-0.3, -0.25) is 0 Å². The number of hydrogen-bond donors (Lipinski definition) is 0. The van der Waals surface area contributed by atoms with Gasteiger partial charge in [0.15, 0.2) is 5.70 Å². The maximum Gasteiger partial charge on any atom is 0.737 e. The Morgan fingerprint density at radius 3 is 2.30 bits per heavy atom.